The number of pyridine rings is 1. The minimum absolute atomic E-state index is 0.0101. The van der Waals surface area contributed by atoms with Crippen LogP contribution in [-0.2, 0) is 14.8 Å². The summed E-state index contributed by atoms with van der Waals surface area (Å²) in [5.74, 6) is -1.30. The van der Waals surface area contributed by atoms with Gasteiger partial charge in [-0.1, -0.05) is 0 Å². The summed E-state index contributed by atoms with van der Waals surface area (Å²) >= 11 is 0. The Morgan fingerprint density at radius 3 is 2.72 bits per heavy atom. The van der Waals surface area contributed by atoms with Crippen LogP contribution < -0.4 is 10.1 Å². The van der Waals surface area contributed by atoms with Crippen molar-refractivity contribution in [3.8, 4) is 5.88 Å². The van der Waals surface area contributed by atoms with E-state index < -0.39 is 26.6 Å². The van der Waals surface area contributed by atoms with E-state index >= 15 is 0 Å². The zero-order valence-corrected chi connectivity index (χ0v) is 16.7. The molecule has 156 valence electrons. The molecule has 1 amide bonds. The Kier molecular flexibility index (Phi) is 6.78. The number of nitrogens with one attached hydrogen (secondary N) is 1. The minimum atomic E-state index is -3.99. The molecule has 1 N–H and O–H groups in total. The average Bonchev–Trinajstić information content (AvgIpc) is 3.25. The van der Waals surface area contributed by atoms with Gasteiger partial charge in [-0.3, -0.25) is 4.79 Å². The van der Waals surface area contributed by atoms with Crippen LogP contribution >= 0.6 is 0 Å². The normalized spacial score (nSPS) is 14.7. The van der Waals surface area contributed by atoms with E-state index in [4.69, 9.17) is 9.47 Å². The quantitative estimate of drug-likeness (QED) is 0.654. The summed E-state index contributed by atoms with van der Waals surface area (Å²) < 4.78 is 51.3. The summed E-state index contributed by atoms with van der Waals surface area (Å²) in [5.41, 5.74) is 0.317. The number of nitrogens with zero attached hydrogens (tertiary/aromatic N) is 2. The molecule has 10 heteroatoms. The molecule has 1 fully saturated rings. The van der Waals surface area contributed by atoms with Crippen LogP contribution in [0, 0.1) is 5.82 Å². The lowest BCUT2D eigenvalue weighted by Crippen LogP contribution is -2.29. The molecule has 3 rings (SSSR count). The molecule has 0 spiro atoms. The fourth-order valence-electron chi connectivity index (χ4n) is 2.93. The van der Waals surface area contributed by atoms with Crippen molar-refractivity contribution >= 4 is 21.6 Å². The highest BCUT2D eigenvalue weighted by molar-refractivity contribution is 7.89. The molecule has 0 saturated carbocycles. The number of amides is 1. The number of anilines is 1. The lowest BCUT2D eigenvalue weighted by molar-refractivity contribution is 0.102. The van der Waals surface area contributed by atoms with E-state index in [-0.39, 0.29) is 18.1 Å². The van der Waals surface area contributed by atoms with Crippen molar-refractivity contribution in [2.24, 2.45) is 0 Å². The topological polar surface area (TPSA) is 97.8 Å². The van der Waals surface area contributed by atoms with Gasteiger partial charge in [0.25, 0.3) is 5.91 Å². The lowest BCUT2D eigenvalue weighted by atomic mass is 10.2. The molecule has 0 aliphatic carbocycles. The van der Waals surface area contributed by atoms with E-state index in [1.54, 1.807) is 12.1 Å². The zero-order chi connectivity index (χ0) is 20.9. The first-order valence-corrected chi connectivity index (χ1v) is 10.6. The minimum Gasteiger partial charge on any atom is -0.474 e. The summed E-state index contributed by atoms with van der Waals surface area (Å²) in [6.45, 7) is 1.27. The van der Waals surface area contributed by atoms with Gasteiger partial charge in [0.15, 0.2) is 0 Å². The third-order valence-electron chi connectivity index (χ3n) is 4.42. The predicted octanol–water partition coefficient (Wildman–Crippen LogP) is 2.28. The Bertz CT molecular complexity index is 978. The fraction of sp³-hybridized carbons (Fsp3) is 0.368. The Morgan fingerprint density at radius 2 is 2.00 bits per heavy atom. The van der Waals surface area contributed by atoms with Crippen LogP contribution in [0.4, 0.5) is 10.1 Å². The Balaban J connectivity index is 1.82. The van der Waals surface area contributed by atoms with E-state index in [0.29, 0.717) is 25.4 Å². The van der Waals surface area contributed by atoms with E-state index in [1.807, 2.05) is 0 Å². The molecule has 0 atom stereocenters. The van der Waals surface area contributed by atoms with Gasteiger partial charge in [0, 0.05) is 32.0 Å². The number of hydrogen-bond donors (Lipinski definition) is 1. The summed E-state index contributed by atoms with van der Waals surface area (Å²) in [4.78, 5) is 16.2. The SMILES string of the molecule is COCCOc1ncccc1NC(=O)c1ccc(F)c(S(=O)(=O)N2CCCC2)c1. The van der Waals surface area contributed by atoms with Gasteiger partial charge in [0.2, 0.25) is 15.9 Å². The van der Waals surface area contributed by atoms with Gasteiger partial charge in [0.05, 0.1) is 6.61 Å². The molecule has 0 unspecified atom stereocenters. The number of methoxy groups -OCH3 is 1. The van der Waals surface area contributed by atoms with Crippen molar-refractivity contribution in [3.63, 3.8) is 0 Å². The van der Waals surface area contributed by atoms with Crippen LogP contribution in [0.3, 0.4) is 0 Å². The van der Waals surface area contributed by atoms with Crippen LogP contribution in [0.15, 0.2) is 41.4 Å². The van der Waals surface area contributed by atoms with Crippen molar-refractivity contribution < 1.29 is 27.1 Å². The Labute approximate surface area is 168 Å². The highest BCUT2D eigenvalue weighted by Crippen LogP contribution is 2.26. The van der Waals surface area contributed by atoms with Crippen molar-refractivity contribution in [1.82, 2.24) is 9.29 Å². The third kappa shape index (κ3) is 4.89. The van der Waals surface area contributed by atoms with Crippen molar-refractivity contribution in [2.45, 2.75) is 17.7 Å². The monoisotopic (exact) mass is 423 g/mol. The van der Waals surface area contributed by atoms with Crippen LogP contribution in [-0.4, -0.2) is 57.0 Å². The van der Waals surface area contributed by atoms with E-state index in [1.165, 1.54) is 23.7 Å². The van der Waals surface area contributed by atoms with Crippen LogP contribution in [0.5, 0.6) is 5.88 Å². The second-order valence-corrected chi connectivity index (χ2v) is 8.31. The predicted molar refractivity (Wildman–Crippen MR) is 104 cm³/mol. The maximum atomic E-state index is 14.3. The van der Waals surface area contributed by atoms with Crippen molar-refractivity contribution in [3.05, 3.63) is 47.9 Å². The largest absolute Gasteiger partial charge is 0.474 e. The number of carbonyl (C=O) groups is 1. The van der Waals surface area contributed by atoms with E-state index in [0.717, 1.165) is 25.0 Å². The summed E-state index contributed by atoms with van der Waals surface area (Å²) in [6.07, 6.45) is 2.97. The summed E-state index contributed by atoms with van der Waals surface area (Å²) in [7, 11) is -2.46. The first-order valence-electron chi connectivity index (χ1n) is 9.11. The van der Waals surface area contributed by atoms with Gasteiger partial charge in [0.1, 0.15) is 23.0 Å². The van der Waals surface area contributed by atoms with Crippen LogP contribution in [0.1, 0.15) is 23.2 Å². The number of halogens is 1. The van der Waals surface area contributed by atoms with Gasteiger partial charge in [-0.05, 0) is 43.2 Å². The maximum Gasteiger partial charge on any atom is 0.255 e. The number of hydrogen-bond acceptors (Lipinski definition) is 6. The maximum absolute atomic E-state index is 14.3. The Hall–Kier alpha value is -2.56. The molecule has 1 aromatic heterocycles. The molecular weight excluding hydrogens is 401 g/mol. The highest BCUT2D eigenvalue weighted by atomic mass is 32.2. The molecule has 1 aromatic carbocycles. The molecular formula is C19H22FN3O5S. The number of carbonyl (C=O) groups excluding carboxylic acids is 1. The van der Waals surface area contributed by atoms with E-state index in [9.17, 15) is 17.6 Å². The second-order valence-electron chi connectivity index (χ2n) is 6.41. The molecule has 1 saturated heterocycles. The number of benzene rings is 1. The summed E-state index contributed by atoms with van der Waals surface area (Å²) in [5, 5.41) is 2.62. The molecule has 1 aliphatic rings. The first kappa shape index (κ1) is 21.2. The average molecular weight is 423 g/mol. The van der Waals surface area contributed by atoms with Gasteiger partial charge < -0.3 is 14.8 Å². The Morgan fingerprint density at radius 1 is 1.24 bits per heavy atom. The first-order chi connectivity index (χ1) is 13.9. The third-order valence-corrected chi connectivity index (χ3v) is 6.34. The summed E-state index contributed by atoms with van der Waals surface area (Å²) in [6, 6.07) is 6.48. The molecule has 1 aliphatic heterocycles. The molecule has 8 nitrogen and oxygen atoms in total. The highest BCUT2D eigenvalue weighted by Gasteiger charge is 2.30. The van der Waals surface area contributed by atoms with Crippen LogP contribution in [0.25, 0.3) is 0 Å². The number of ether oxygens (including phenoxy) is 2. The van der Waals surface area contributed by atoms with Gasteiger partial charge in [-0.2, -0.15) is 4.31 Å². The number of sulfonamides is 1. The smallest absolute Gasteiger partial charge is 0.255 e. The van der Waals surface area contributed by atoms with Crippen molar-refractivity contribution in [1.29, 1.82) is 0 Å². The van der Waals surface area contributed by atoms with Gasteiger partial charge >= 0.3 is 0 Å². The molecule has 2 aromatic rings. The molecule has 0 radical (unpaired) electrons. The number of aromatic nitrogens is 1. The van der Waals surface area contributed by atoms with Gasteiger partial charge in [-0.15, -0.1) is 0 Å². The molecule has 0 bridgehead atoms. The lowest BCUT2D eigenvalue weighted by Gasteiger charge is -2.16. The molecule has 2 heterocycles. The van der Waals surface area contributed by atoms with Gasteiger partial charge in [-0.25, -0.2) is 17.8 Å². The van der Waals surface area contributed by atoms with Crippen molar-refractivity contribution in [2.75, 3.05) is 38.7 Å². The van der Waals surface area contributed by atoms with Crippen LogP contribution in [0.2, 0.25) is 0 Å². The number of rotatable bonds is 8. The standard InChI is InChI=1S/C19H22FN3O5S/c1-27-11-12-28-19-16(5-4-8-21-19)22-18(24)14-6-7-15(20)17(13-14)29(25,26)23-9-2-3-10-23/h4-8,13H,2-3,9-12H2,1H3,(H,22,24). The fourth-order valence-corrected chi connectivity index (χ4v) is 4.53. The van der Waals surface area contributed by atoms with E-state index in [2.05, 4.69) is 10.3 Å². The molecule has 29 heavy (non-hydrogen) atoms. The second kappa shape index (κ2) is 9.29. The zero-order valence-electron chi connectivity index (χ0n) is 15.9.